The Morgan fingerprint density at radius 3 is 2.67 bits per heavy atom. The molecule has 5 heteroatoms. The summed E-state index contributed by atoms with van der Waals surface area (Å²) >= 11 is 1.32. The molecule has 0 bridgehead atoms. The molecule has 0 unspecified atom stereocenters. The number of amides is 1. The first kappa shape index (κ1) is 16.1. The standard InChI is InChI=1S/C19H16N2O2S/c1-2-11-21-18(23)17(13-14-7-6-10-16(22)12-14)24-19(21)20-15-8-4-3-5-9-15/h2-10,12-13,22H,1,11H2/b17-13+,20-19?. The molecule has 0 atom stereocenters. The van der Waals surface area contributed by atoms with E-state index in [1.54, 1.807) is 35.3 Å². The number of para-hydroxylation sites is 1. The Labute approximate surface area is 144 Å². The SMILES string of the molecule is C=CCN1C(=O)/C(=C\c2cccc(O)c2)SC1=Nc1ccccc1. The molecule has 0 radical (unpaired) electrons. The number of hydrogen-bond donors (Lipinski definition) is 1. The van der Waals surface area contributed by atoms with Gasteiger partial charge in [0, 0.05) is 6.54 Å². The minimum Gasteiger partial charge on any atom is -0.508 e. The topological polar surface area (TPSA) is 52.9 Å². The zero-order valence-corrected chi connectivity index (χ0v) is 13.7. The van der Waals surface area contributed by atoms with Crippen LogP contribution in [0.1, 0.15) is 5.56 Å². The number of rotatable bonds is 4. The Kier molecular flexibility index (Phi) is 4.82. The van der Waals surface area contributed by atoms with Gasteiger partial charge in [0.25, 0.3) is 5.91 Å². The number of amidine groups is 1. The maximum atomic E-state index is 12.6. The number of nitrogens with zero attached hydrogens (tertiary/aromatic N) is 2. The molecule has 0 aliphatic carbocycles. The van der Waals surface area contributed by atoms with Crippen molar-refractivity contribution >= 4 is 34.6 Å². The lowest BCUT2D eigenvalue weighted by atomic mass is 10.2. The highest BCUT2D eigenvalue weighted by Crippen LogP contribution is 2.34. The molecule has 2 aromatic carbocycles. The van der Waals surface area contributed by atoms with Gasteiger partial charge in [-0.1, -0.05) is 36.4 Å². The third-order valence-corrected chi connectivity index (χ3v) is 4.36. The average molecular weight is 336 g/mol. The highest BCUT2D eigenvalue weighted by Gasteiger charge is 2.32. The number of aromatic hydroxyl groups is 1. The van der Waals surface area contributed by atoms with Crippen molar-refractivity contribution in [1.82, 2.24) is 4.90 Å². The summed E-state index contributed by atoms with van der Waals surface area (Å²) < 4.78 is 0. The summed E-state index contributed by atoms with van der Waals surface area (Å²) in [6.45, 7) is 4.11. The van der Waals surface area contributed by atoms with Crippen molar-refractivity contribution < 1.29 is 9.90 Å². The van der Waals surface area contributed by atoms with E-state index in [1.807, 2.05) is 36.4 Å². The molecule has 24 heavy (non-hydrogen) atoms. The van der Waals surface area contributed by atoms with Gasteiger partial charge in [-0.3, -0.25) is 9.69 Å². The van der Waals surface area contributed by atoms with Gasteiger partial charge in [-0.15, -0.1) is 6.58 Å². The van der Waals surface area contributed by atoms with Crippen molar-refractivity contribution in [1.29, 1.82) is 0 Å². The molecule has 120 valence electrons. The first-order valence-corrected chi connectivity index (χ1v) is 8.24. The smallest absolute Gasteiger partial charge is 0.267 e. The normalized spacial score (nSPS) is 17.7. The van der Waals surface area contributed by atoms with Crippen LogP contribution < -0.4 is 0 Å². The predicted molar refractivity (Wildman–Crippen MR) is 99.1 cm³/mol. The van der Waals surface area contributed by atoms with E-state index in [9.17, 15) is 9.90 Å². The number of phenols is 1. The van der Waals surface area contributed by atoms with Crippen molar-refractivity contribution in [2.75, 3.05) is 6.54 Å². The zero-order valence-electron chi connectivity index (χ0n) is 12.9. The van der Waals surface area contributed by atoms with Gasteiger partial charge in [0.2, 0.25) is 0 Å². The summed E-state index contributed by atoms with van der Waals surface area (Å²) in [5.74, 6) is 0.0545. The highest BCUT2D eigenvalue weighted by molar-refractivity contribution is 8.18. The third-order valence-electron chi connectivity index (χ3n) is 3.35. The Morgan fingerprint density at radius 2 is 1.96 bits per heavy atom. The van der Waals surface area contributed by atoms with E-state index in [0.29, 0.717) is 16.6 Å². The maximum Gasteiger partial charge on any atom is 0.267 e. The van der Waals surface area contributed by atoms with E-state index < -0.39 is 0 Å². The van der Waals surface area contributed by atoms with Crippen LogP contribution in [-0.4, -0.2) is 27.6 Å². The monoisotopic (exact) mass is 336 g/mol. The second-order valence-electron chi connectivity index (χ2n) is 5.14. The second-order valence-corrected chi connectivity index (χ2v) is 6.15. The van der Waals surface area contributed by atoms with E-state index in [0.717, 1.165) is 11.3 Å². The summed E-state index contributed by atoms with van der Waals surface area (Å²) in [4.78, 5) is 19.4. The van der Waals surface area contributed by atoms with Crippen LogP contribution in [0.3, 0.4) is 0 Å². The predicted octanol–water partition coefficient (Wildman–Crippen LogP) is 4.18. The van der Waals surface area contributed by atoms with Gasteiger partial charge in [-0.25, -0.2) is 4.99 Å². The fourth-order valence-electron chi connectivity index (χ4n) is 2.26. The lowest BCUT2D eigenvalue weighted by molar-refractivity contribution is -0.121. The summed E-state index contributed by atoms with van der Waals surface area (Å²) in [7, 11) is 0. The molecular weight excluding hydrogens is 320 g/mol. The average Bonchev–Trinajstić information content (AvgIpc) is 2.85. The van der Waals surface area contributed by atoms with Crippen LogP contribution in [0.5, 0.6) is 5.75 Å². The third kappa shape index (κ3) is 3.58. The highest BCUT2D eigenvalue weighted by atomic mass is 32.2. The number of aliphatic imine (C=N–C) groups is 1. The summed E-state index contributed by atoms with van der Waals surface area (Å²) in [5, 5.41) is 10.2. The van der Waals surface area contributed by atoms with E-state index in [4.69, 9.17) is 0 Å². The molecule has 1 aliphatic heterocycles. The van der Waals surface area contributed by atoms with Crippen LogP contribution in [0, 0.1) is 0 Å². The molecule has 1 amide bonds. The second kappa shape index (κ2) is 7.19. The van der Waals surface area contributed by atoms with Crippen molar-refractivity contribution in [3.8, 4) is 5.75 Å². The van der Waals surface area contributed by atoms with Crippen LogP contribution in [0.2, 0.25) is 0 Å². The summed E-state index contributed by atoms with van der Waals surface area (Å²) in [6, 6.07) is 16.3. The molecule has 1 saturated heterocycles. The summed E-state index contributed by atoms with van der Waals surface area (Å²) in [5.41, 5.74) is 1.56. The first-order valence-electron chi connectivity index (χ1n) is 7.42. The van der Waals surface area contributed by atoms with Crippen LogP contribution in [0.15, 0.2) is 77.1 Å². The molecule has 1 aliphatic rings. The van der Waals surface area contributed by atoms with Gasteiger partial charge in [0.05, 0.1) is 10.6 Å². The van der Waals surface area contributed by atoms with Gasteiger partial charge < -0.3 is 5.11 Å². The minimum absolute atomic E-state index is 0.113. The molecule has 2 aromatic rings. The van der Waals surface area contributed by atoms with E-state index in [-0.39, 0.29) is 11.7 Å². The van der Waals surface area contributed by atoms with Crippen LogP contribution in [0.25, 0.3) is 6.08 Å². The van der Waals surface area contributed by atoms with Crippen molar-refractivity contribution in [3.63, 3.8) is 0 Å². The number of thioether (sulfide) groups is 1. The number of carbonyl (C=O) groups excluding carboxylic acids is 1. The molecule has 0 spiro atoms. The van der Waals surface area contributed by atoms with Gasteiger partial charge in [-0.2, -0.15) is 0 Å². The Balaban J connectivity index is 1.95. The number of phenolic OH excluding ortho intramolecular Hbond substituents is 1. The van der Waals surface area contributed by atoms with Crippen LogP contribution in [0.4, 0.5) is 5.69 Å². The Bertz CT molecular complexity index is 828. The Morgan fingerprint density at radius 1 is 1.17 bits per heavy atom. The maximum absolute atomic E-state index is 12.6. The van der Waals surface area contributed by atoms with E-state index in [1.165, 1.54) is 11.8 Å². The van der Waals surface area contributed by atoms with Gasteiger partial charge in [0.15, 0.2) is 5.17 Å². The number of carbonyl (C=O) groups is 1. The fourth-order valence-corrected chi connectivity index (χ4v) is 3.27. The largest absolute Gasteiger partial charge is 0.508 e. The van der Waals surface area contributed by atoms with Crippen molar-refractivity contribution in [3.05, 3.63) is 77.7 Å². The molecule has 0 aromatic heterocycles. The van der Waals surface area contributed by atoms with Gasteiger partial charge in [0.1, 0.15) is 5.75 Å². The van der Waals surface area contributed by atoms with Crippen LogP contribution >= 0.6 is 11.8 Å². The lowest BCUT2D eigenvalue weighted by Crippen LogP contribution is -2.29. The minimum atomic E-state index is -0.113. The molecule has 4 nitrogen and oxygen atoms in total. The summed E-state index contributed by atoms with van der Waals surface area (Å²) in [6.07, 6.45) is 3.44. The molecule has 1 heterocycles. The molecular formula is C19H16N2O2S. The van der Waals surface area contributed by atoms with Crippen molar-refractivity contribution in [2.24, 2.45) is 4.99 Å². The fraction of sp³-hybridized carbons (Fsp3) is 0.0526. The molecule has 0 saturated carbocycles. The van der Waals surface area contributed by atoms with Gasteiger partial charge >= 0.3 is 0 Å². The Hall–Kier alpha value is -2.79. The van der Waals surface area contributed by atoms with Crippen LogP contribution in [-0.2, 0) is 4.79 Å². The number of benzene rings is 2. The molecule has 1 fully saturated rings. The van der Waals surface area contributed by atoms with Crippen molar-refractivity contribution in [2.45, 2.75) is 0 Å². The quantitative estimate of drug-likeness (QED) is 0.673. The number of hydrogen-bond acceptors (Lipinski definition) is 4. The zero-order chi connectivity index (χ0) is 16.9. The van der Waals surface area contributed by atoms with E-state index >= 15 is 0 Å². The lowest BCUT2D eigenvalue weighted by Gasteiger charge is -2.12. The van der Waals surface area contributed by atoms with Gasteiger partial charge in [-0.05, 0) is 47.7 Å². The molecule has 1 N–H and O–H groups in total. The first-order chi connectivity index (χ1) is 11.7. The van der Waals surface area contributed by atoms with E-state index in [2.05, 4.69) is 11.6 Å². The molecule has 3 rings (SSSR count).